The molecule has 1 amide bonds. The van der Waals surface area contributed by atoms with Gasteiger partial charge in [0.1, 0.15) is 6.04 Å². The Labute approximate surface area is 105 Å². The average molecular weight is 248 g/mol. The number of nitrogens with two attached hydrogens (primary N) is 1. The number of carbonyl (C=O) groups excluding carboxylic acids is 1. The molecule has 0 radical (unpaired) electrons. The molecule has 1 aromatic rings. The SMILES string of the molecule is Nc1cccc(CC(=O)N2CCC[C@H]2C(=O)O)c1. The van der Waals surface area contributed by atoms with Crippen LogP contribution in [0.15, 0.2) is 24.3 Å². The second-order valence-electron chi connectivity index (χ2n) is 4.51. The van der Waals surface area contributed by atoms with Gasteiger partial charge in [-0.2, -0.15) is 0 Å². The van der Waals surface area contributed by atoms with E-state index >= 15 is 0 Å². The lowest BCUT2D eigenvalue weighted by molar-refractivity contribution is -0.148. The zero-order valence-corrected chi connectivity index (χ0v) is 10.0. The van der Waals surface area contributed by atoms with Gasteiger partial charge in [0, 0.05) is 12.2 Å². The van der Waals surface area contributed by atoms with Crippen LogP contribution in [0.4, 0.5) is 5.69 Å². The second-order valence-corrected chi connectivity index (χ2v) is 4.51. The van der Waals surface area contributed by atoms with Crippen molar-refractivity contribution in [2.45, 2.75) is 25.3 Å². The van der Waals surface area contributed by atoms with Crippen molar-refractivity contribution in [3.05, 3.63) is 29.8 Å². The van der Waals surface area contributed by atoms with E-state index in [-0.39, 0.29) is 12.3 Å². The molecule has 1 saturated heterocycles. The molecule has 1 aliphatic heterocycles. The maximum Gasteiger partial charge on any atom is 0.326 e. The smallest absolute Gasteiger partial charge is 0.326 e. The third-order valence-electron chi connectivity index (χ3n) is 3.16. The molecule has 1 heterocycles. The Kier molecular flexibility index (Phi) is 3.50. The summed E-state index contributed by atoms with van der Waals surface area (Å²) in [5.41, 5.74) is 7.07. The molecule has 0 aromatic heterocycles. The van der Waals surface area contributed by atoms with Gasteiger partial charge >= 0.3 is 5.97 Å². The molecule has 2 rings (SSSR count). The van der Waals surface area contributed by atoms with E-state index < -0.39 is 12.0 Å². The number of likely N-dealkylation sites (tertiary alicyclic amines) is 1. The molecule has 0 aliphatic carbocycles. The summed E-state index contributed by atoms with van der Waals surface area (Å²) >= 11 is 0. The maximum atomic E-state index is 12.1. The molecule has 1 fully saturated rings. The number of carbonyl (C=O) groups is 2. The van der Waals surface area contributed by atoms with Crippen molar-refractivity contribution in [1.82, 2.24) is 4.90 Å². The first-order valence-corrected chi connectivity index (χ1v) is 5.94. The van der Waals surface area contributed by atoms with Crippen molar-refractivity contribution in [1.29, 1.82) is 0 Å². The molecular weight excluding hydrogens is 232 g/mol. The van der Waals surface area contributed by atoms with Gasteiger partial charge in [0.2, 0.25) is 5.91 Å². The van der Waals surface area contributed by atoms with Crippen LogP contribution in [-0.4, -0.2) is 34.5 Å². The van der Waals surface area contributed by atoms with E-state index in [2.05, 4.69) is 0 Å². The van der Waals surface area contributed by atoms with Gasteiger partial charge in [-0.15, -0.1) is 0 Å². The molecule has 0 saturated carbocycles. The van der Waals surface area contributed by atoms with Crippen LogP contribution in [0.25, 0.3) is 0 Å². The lowest BCUT2D eigenvalue weighted by atomic mass is 10.1. The highest BCUT2D eigenvalue weighted by molar-refractivity contribution is 5.85. The highest BCUT2D eigenvalue weighted by Gasteiger charge is 2.33. The maximum absolute atomic E-state index is 12.1. The van der Waals surface area contributed by atoms with Gasteiger partial charge in [-0.05, 0) is 30.5 Å². The van der Waals surface area contributed by atoms with E-state index in [1.807, 2.05) is 6.07 Å². The summed E-state index contributed by atoms with van der Waals surface area (Å²) in [6.07, 6.45) is 1.49. The third kappa shape index (κ3) is 2.61. The number of hydrogen-bond acceptors (Lipinski definition) is 3. The first kappa shape index (κ1) is 12.4. The minimum Gasteiger partial charge on any atom is -0.480 e. The van der Waals surface area contributed by atoms with Crippen LogP contribution < -0.4 is 5.73 Å². The summed E-state index contributed by atoms with van der Waals surface area (Å²) in [6.45, 7) is 0.526. The van der Waals surface area contributed by atoms with Gasteiger partial charge in [-0.25, -0.2) is 4.79 Å². The number of carboxylic acids is 1. The molecule has 5 nitrogen and oxygen atoms in total. The Morgan fingerprint density at radius 3 is 2.89 bits per heavy atom. The highest BCUT2D eigenvalue weighted by Crippen LogP contribution is 2.19. The van der Waals surface area contributed by atoms with Crippen molar-refractivity contribution < 1.29 is 14.7 Å². The van der Waals surface area contributed by atoms with Crippen molar-refractivity contribution in [3.63, 3.8) is 0 Å². The number of carboxylic acid groups (broad SMARTS) is 1. The average Bonchev–Trinajstić information content (AvgIpc) is 2.77. The fourth-order valence-corrected chi connectivity index (χ4v) is 2.30. The van der Waals surface area contributed by atoms with Crippen LogP contribution in [0.5, 0.6) is 0 Å². The van der Waals surface area contributed by atoms with Crippen LogP contribution in [0.3, 0.4) is 0 Å². The molecule has 0 spiro atoms. The summed E-state index contributed by atoms with van der Waals surface area (Å²) in [5, 5.41) is 9.03. The molecular formula is C13H16N2O3. The quantitative estimate of drug-likeness (QED) is 0.778. The number of hydrogen-bond donors (Lipinski definition) is 2. The fourth-order valence-electron chi connectivity index (χ4n) is 2.30. The number of anilines is 1. The van der Waals surface area contributed by atoms with Gasteiger partial charge in [0.15, 0.2) is 0 Å². The topological polar surface area (TPSA) is 83.6 Å². The first-order chi connectivity index (χ1) is 8.58. The summed E-state index contributed by atoms with van der Waals surface area (Å²) in [4.78, 5) is 24.5. The van der Waals surface area contributed by atoms with E-state index in [1.54, 1.807) is 18.2 Å². The zero-order chi connectivity index (χ0) is 13.1. The van der Waals surface area contributed by atoms with Gasteiger partial charge < -0.3 is 15.7 Å². The predicted octanol–water partition coefficient (Wildman–Crippen LogP) is 0.887. The molecule has 3 N–H and O–H groups in total. The lowest BCUT2D eigenvalue weighted by Gasteiger charge is -2.21. The van der Waals surface area contributed by atoms with Gasteiger partial charge in [0.25, 0.3) is 0 Å². The van der Waals surface area contributed by atoms with E-state index in [1.165, 1.54) is 4.90 Å². The Balaban J connectivity index is 2.06. The Morgan fingerprint density at radius 1 is 1.44 bits per heavy atom. The van der Waals surface area contributed by atoms with Crippen LogP contribution in [0.2, 0.25) is 0 Å². The Hall–Kier alpha value is -2.04. The van der Waals surface area contributed by atoms with E-state index in [9.17, 15) is 9.59 Å². The number of nitrogen functional groups attached to an aromatic ring is 1. The van der Waals surface area contributed by atoms with Crippen molar-refractivity contribution in [2.75, 3.05) is 12.3 Å². The van der Waals surface area contributed by atoms with Gasteiger partial charge in [0.05, 0.1) is 6.42 Å². The fraction of sp³-hybridized carbons (Fsp3) is 0.385. The number of aliphatic carboxylic acids is 1. The highest BCUT2D eigenvalue weighted by atomic mass is 16.4. The lowest BCUT2D eigenvalue weighted by Crippen LogP contribution is -2.41. The van der Waals surface area contributed by atoms with Gasteiger partial charge in [-0.1, -0.05) is 12.1 Å². The third-order valence-corrected chi connectivity index (χ3v) is 3.16. The monoisotopic (exact) mass is 248 g/mol. The second kappa shape index (κ2) is 5.08. The van der Waals surface area contributed by atoms with E-state index in [4.69, 9.17) is 10.8 Å². The van der Waals surface area contributed by atoms with Crippen LogP contribution >= 0.6 is 0 Å². The minimum atomic E-state index is -0.923. The summed E-state index contributed by atoms with van der Waals surface area (Å²) < 4.78 is 0. The molecule has 0 bridgehead atoms. The van der Waals surface area contributed by atoms with Crippen LogP contribution in [0.1, 0.15) is 18.4 Å². The molecule has 96 valence electrons. The summed E-state index contributed by atoms with van der Waals surface area (Å²) in [6, 6.07) is 6.43. The molecule has 1 aromatic carbocycles. The molecule has 1 aliphatic rings. The van der Waals surface area contributed by atoms with Crippen LogP contribution in [0, 0.1) is 0 Å². The predicted molar refractivity (Wildman–Crippen MR) is 66.9 cm³/mol. The first-order valence-electron chi connectivity index (χ1n) is 5.94. The normalized spacial score (nSPS) is 18.9. The summed E-state index contributed by atoms with van der Waals surface area (Å²) in [5.74, 6) is -1.07. The van der Waals surface area contributed by atoms with Crippen molar-refractivity contribution in [3.8, 4) is 0 Å². The van der Waals surface area contributed by atoms with E-state index in [0.717, 1.165) is 12.0 Å². The zero-order valence-electron chi connectivity index (χ0n) is 10.0. The minimum absolute atomic E-state index is 0.148. The number of benzene rings is 1. The molecule has 5 heteroatoms. The molecule has 1 atom stereocenters. The van der Waals surface area contributed by atoms with E-state index in [0.29, 0.717) is 18.7 Å². The number of nitrogens with zero attached hydrogens (tertiary/aromatic N) is 1. The molecule has 0 unspecified atom stereocenters. The van der Waals surface area contributed by atoms with Gasteiger partial charge in [-0.3, -0.25) is 4.79 Å². The Morgan fingerprint density at radius 2 is 2.22 bits per heavy atom. The number of amides is 1. The summed E-state index contributed by atoms with van der Waals surface area (Å²) in [7, 11) is 0. The molecule has 18 heavy (non-hydrogen) atoms. The standard InChI is InChI=1S/C13H16N2O3/c14-10-4-1-3-9(7-10)8-12(16)15-6-2-5-11(15)13(17)18/h1,3-4,7,11H,2,5-6,8,14H2,(H,17,18)/t11-/m0/s1. The largest absolute Gasteiger partial charge is 0.480 e. The van der Waals surface area contributed by atoms with Crippen LogP contribution in [-0.2, 0) is 16.0 Å². The van der Waals surface area contributed by atoms with Crippen molar-refractivity contribution in [2.24, 2.45) is 0 Å². The van der Waals surface area contributed by atoms with Crippen molar-refractivity contribution >= 4 is 17.6 Å². The number of rotatable bonds is 3. The Bertz CT molecular complexity index is 473.